The molecule has 3 rings (SSSR count). The molecule has 0 aromatic heterocycles. The Morgan fingerprint density at radius 3 is 2.23 bits per heavy atom. The number of phenolic OH excluding ortho intramolecular Hbond substituents is 1. The third-order valence-corrected chi connectivity index (χ3v) is 5.53. The zero-order valence-corrected chi connectivity index (χ0v) is 20.9. The molecule has 0 aliphatic heterocycles. The Balaban J connectivity index is 0.000000344. The molecule has 0 aliphatic carbocycles. The van der Waals surface area contributed by atoms with E-state index in [-0.39, 0.29) is 34.2 Å². The molecule has 0 atom stereocenters. The molecule has 0 saturated carbocycles. The van der Waals surface area contributed by atoms with Crippen molar-refractivity contribution >= 4 is 35.2 Å². The zero-order chi connectivity index (χ0) is 29.5. The fraction of sp³-hybridized carbons (Fsp3) is 0.148. The van der Waals surface area contributed by atoms with Gasteiger partial charge in [0.2, 0.25) is 5.91 Å². The van der Waals surface area contributed by atoms with Crippen LogP contribution in [-0.4, -0.2) is 48.2 Å². The number of aromatic carboxylic acids is 1. The summed E-state index contributed by atoms with van der Waals surface area (Å²) in [5, 5.41) is 37.7. The van der Waals surface area contributed by atoms with Crippen LogP contribution in [0.1, 0.15) is 34.0 Å². The molecule has 39 heavy (non-hydrogen) atoms. The van der Waals surface area contributed by atoms with Gasteiger partial charge in [-0.3, -0.25) is 15.0 Å². The maximum atomic E-state index is 13.4. The Morgan fingerprint density at radius 2 is 1.72 bits per heavy atom. The lowest BCUT2D eigenvalue weighted by molar-refractivity contribution is -0.137. The number of aldehydes is 1. The predicted octanol–water partition coefficient (Wildman–Crippen LogP) is 4.93. The molecule has 3 aromatic carbocycles. The van der Waals surface area contributed by atoms with E-state index in [0.717, 1.165) is 23.1 Å². The first-order valence-electron chi connectivity index (χ1n) is 11.0. The van der Waals surface area contributed by atoms with E-state index in [1.807, 2.05) is 6.07 Å². The number of hydrogen-bond acceptors (Lipinski definition) is 7. The van der Waals surface area contributed by atoms with E-state index in [1.165, 1.54) is 38.2 Å². The molecule has 0 radical (unpaired) electrons. The van der Waals surface area contributed by atoms with E-state index in [1.54, 1.807) is 19.2 Å². The first-order valence-corrected chi connectivity index (χ1v) is 11.0. The molecular formula is C27H23F3N4O5. The molecule has 4 N–H and O–H groups in total. The van der Waals surface area contributed by atoms with Gasteiger partial charge in [0, 0.05) is 37.8 Å². The molecule has 3 aromatic rings. The van der Waals surface area contributed by atoms with Gasteiger partial charge >= 0.3 is 12.1 Å². The average Bonchev–Trinajstić information content (AvgIpc) is 2.91. The number of halogens is 3. The van der Waals surface area contributed by atoms with E-state index in [0.29, 0.717) is 11.3 Å². The first kappa shape index (κ1) is 30.0. The first-order chi connectivity index (χ1) is 18.3. The van der Waals surface area contributed by atoms with Gasteiger partial charge in [-0.2, -0.15) is 18.4 Å². The zero-order valence-electron chi connectivity index (χ0n) is 20.9. The molecule has 9 nitrogen and oxygen atoms in total. The minimum absolute atomic E-state index is 0.0357. The van der Waals surface area contributed by atoms with Crippen LogP contribution in [0.15, 0.2) is 54.6 Å². The molecule has 0 unspecified atom stereocenters. The molecule has 0 aliphatic rings. The van der Waals surface area contributed by atoms with E-state index in [2.05, 4.69) is 5.32 Å². The topological polar surface area (TPSA) is 155 Å². The maximum absolute atomic E-state index is 13.4. The molecule has 0 fully saturated rings. The van der Waals surface area contributed by atoms with Crippen molar-refractivity contribution in [2.45, 2.75) is 13.1 Å². The number of phenols is 1. The molecule has 1 amide bonds. The summed E-state index contributed by atoms with van der Waals surface area (Å²) in [5.74, 6) is -2.04. The highest BCUT2D eigenvalue weighted by atomic mass is 19.4. The summed E-state index contributed by atoms with van der Waals surface area (Å²) in [5.41, 5.74) is -0.959. The van der Waals surface area contributed by atoms with Crippen LogP contribution in [0.2, 0.25) is 0 Å². The highest BCUT2D eigenvalue weighted by Crippen LogP contribution is 2.42. The summed E-state index contributed by atoms with van der Waals surface area (Å²) in [6.45, 7) is 1.22. The largest absolute Gasteiger partial charge is 0.507 e. The molecule has 12 heteroatoms. The summed E-state index contributed by atoms with van der Waals surface area (Å²) >= 11 is 0. The predicted molar refractivity (Wildman–Crippen MR) is 138 cm³/mol. The number of nitriles is 1. The normalized spacial score (nSPS) is 10.4. The van der Waals surface area contributed by atoms with Crippen LogP contribution in [0.4, 0.5) is 24.5 Å². The fourth-order valence-corrected chi connectivity index (χ4v) is 3.49. The summed E-state index contributed by atoms with van der Waals surface area (Å²) in [6, 6.07) is 13.3. The number of nitrogens with zero attached hydrogens (tertiary/aromatic N) is 2. The number of aromatic hydroxyl groups is 1. The molecule has 0 heterocycles. The van der Waals surface area contributed by atoms with Gasteiger partial charge in [-0.05, 0) is 42.0 Å². The van der Waals surface area contributed by atoms with Gasteiger partial charge in [-0.15, -0.1) is 0 Å². The van der Waals surface area contributed by atoms with Gasteiger partial charge in [0.25, 0.3) is 0 Å². The minimum atomic E-state index is -4.65. The number of rotatable bonds is 6. The van der Waals surface area contributed by atoms with Crippen molar-refractivity contribution in [3.05, 3.63) is 76.9 Å². The standard InChI is InChI=1S/C18H15F3N2O3.C9H8N2O2/c1-10(25)23(2)16-7-13(15(22)9-24)17(26)8-12(16)11-5-3-4-6-14(11)18(19,20)21;1-11-8-3-2-6(5-10)4-7(8)9(12)13/h3-9,22,26H,1-2H3;2-4,11H,1H3,(H,12,13). The van der Waals surface area contributed by atoms with Crippen molar-refractivity contribution in [3.63, 3.8) is 0 Å². The van der Waals surface area contributed by atoms with Crippen LogP contribution in [0, 0.1) is 16.7 Å². The monoisotopic (exact) mass is 540 g/mol. The highest BCUT2D eigenvalue weighted by Gasteiger charge is 2.34. The average molecular weight is 540 g/mol. The lowest BCUT2D eigenvalue weighted by Gasteiger charge is -2.23. The number of anilines is 2. The van der Waals surface area contributed by atoms with Crippen LogP contribution in [0.5, 0.6) is 5.75 Å². The second-order valence-corrected chi connectivity index (χ2v) is 7.97. The lowest BCUT2D eigenvalue weighted by Crippen LogP contribution is -2.24. The molecule has 0 spiro atoms. The van der Waals surface area contributed by atoms with Crippen molar-refractivity contribution in [1.82, 2.24) is 0 Å². The molecule has 0 saturated heterocycles. The number of carboxylic acid groups (broad SMARTS) is 1. The Kier molecular flexibility index (Phi) is 9.53. The van der Waals surface area contributed by atoms with Gasteiger partial charge in [0.05, 0.1) is 28.4 Å². The Hall–Kier alpha value is -5.18. The van der Waals surface area contributed by atoms with Crippen molar-refractivity contribution < 1.29 is 37.8 Å². The van der Waals surface area contributed by atoms with Crippen molar-refractivity contribution in [2.24, 2.45) is 0 Å². The van der Waals surface area contributed by atoms with E-state index >= 15 is 0 Å². The third-order valence-electron chi connectivity index (χ3n) is 5.53. The fourth-order valence-electron chi connectivity index (χ4n) is 3.49. The second kappa shape index (κ2) is 12.4. The number of alkyl halides is 3. The number of carbonyl (C=O) groups excluding carboxylic acids is 2. The quantitative estimate of drug-likeness (QED) is 0.255. The number of carbonyl (C=O) groups is 3. The Morgan fingerprint density at radius 1 is 1.08 bits per heavy atom. The summed E-state index contributed by atoms with van der Waals surface area (Å²) in [4.78, 5) is 34.4. The Labute approximate surface area is 221 Å². The number of nitrogens with one attached hydrogen (secondary N) is 2. The number of carboxylic acids is 1. The second-order valence-electron chi connectivity index (χ2n) is 7.97. The van der Waals surface area contributed by atoms with Gasteiger partial charge in [0.15, 0.2) is 6.29 Å². The maximum Gasteiger partial charge on any atom is 0.417 e. The van der Waals surface area contributed by atoms with Gasteiger partial charge < -0.3 is 20.4 Å². The summed E-state index contributed by atoms with van der Waals surface area (Å²) in [6.07, 6.45) is -4.46. The minimum Gasteiger partial charge on any atom is -0.507 e. The number of hydrogen-bond donors (Lipinski definition) is 4. The van der Waals surface area contributed by atoms with Crippen LogP contribution in [0.3, 0.4) is 0 Å². The van der Waals surface area contributed by atoms with Crippen LogP contribution >= 0.6 is 0 Å². The number of amides is 1. The number of benzene rings is 3. The highest BCUT2D eigenvalue weighted by molar-refractivity contribution is 6.35. The van der Waals surface area contributed by atoms with Gasteiger partial charge in [-0.1, -0.05) is 18.2 Å². The van der Waals surface area contributed by atoms with Gasteiger partial charge in [0.1, 0.15) is 11.5 Å². The van der Waals surface area contributed by atoms with Crippen LogP contribution in [-0.2, 0) is 15.8 Å². The summed E-state index contributed by atoms with van der Waals surface area (Å²) in [7, 11) is 2.98. The lowest BCUT2D eigenvalue weighted by atomic mass is 9.94. The van der Waals surface area contributed by atoms with Crippen LogP contribution in [0.25, 0.3) is 11.1 Å². The van der Waals surface area contributed by atoms with Crippen LogP contribution < -0.4 is 10.2 Å². The molecule has 202 valence electrons. The van der Waals surface area contributed by atoms with Crippen molar-refractivity contribution in [1.29, 1.82) is 10.7 Å². The third kappa shape index (κ3) is 6.98. The smallest absolute Gasteiger partial charge is 0.417 e. The van der Waals surface area contributed by atoms with E-state index in [9.17, 15) is 32.7 Å². The van der Waals surface area contributed by atoms with Gasteiger partial charge in [-0.25, -0.2) is 4.79 Å². The van der Waals surface area contributed by atoms with Crippen molar-refractivity contribution in [2.75, 3.05) is 24.3 Å². The van der Waals surface area contributed by atoms with Crippen molar-refractivity contribution in [3.8, 4) is 22.9 Å². The Bertz CT molecular complexity index is 1480. The molecule has 0 bridgehead atoms. The molecular weight excluding hydrogens is 517 g/mol. The SMILES string of the molecule is CC(=O)N(C)c1cc(C(=N)C=O)c(O)cc1-c1ccccc1C(F)(F)F.CNc1ccc(C#N)cc1C(=O)O. The summed E-state index contributed by atoms with van der Waals surface area (Å²) < 4.78 is 40.1. The van der Waals surface area contributed by atoms with E-state index in [4.69, 9.17) is 15.8 Å². The van der Waals surface area contributed by atoms with E-state index < -0.39 is 35.1 Å².